The van der Waals surface area contributed by atoms with Crippen molar-refractivity contribution in [2.24, 2.45) is 0 Å². The van der Waals surface area contributed by atoms with Gasteiger partial charge >= 0.3 is 0 Å². The summed E-state index contributed by atoms with van der Waals surface area (Å²) in [6.07, 6.45) is 17.2. The summed E-state index contributed by atoms with van der Waals surface area (Å²) in [6.45, 7) is 5.40. The van der Waals surface area contributed by atoms with Gasteiger partial charge in [-0.3, -0.25) is 0 Å². The number of allylic oxidation sites excluding steroid dienone is 1. The third kappa shape index (κ3) is 13.2. The monoisotopic (exact) mass is 330 g/mol. The van der Waals surface area contributed by atoms with Gasteiger partial charge in [0.05, 0.1) is 0 Å². The maximum atomic E-state index is 5.74. The number of rotatable bonds is 12. The predicted molar refractivity (Wildman–Crippen MR) is 101 cm³/mol. The molecule has 1 rings (SSSR count). The van der Waals surface area contributed by atoms with Crippen LogP contribution in [-0.4, -0.2) is 19.5 Å². The molecule has 0 aromatic carbocycles. The largest absolute Gasteiger partial charge is 0.353 e. The second kappa shape index (κ2) is 16.6. The molecular weight excluding hydrogens is 296 g/mol. The zero-order valence-corrected chi connectivity index (χ0v) is 15.3. The van der Waals surface area contributed by atoms with Crippen LogP contribution < -0.4 is 0 Å². The van der Waals surface area contributed by atoms with Crippen molar-refractivity contribution in [3.63, 3.8) is 0 Å². The van der Waals surface area contributed by atoms with Crippen LogP contribution in [0, 0.1) is 23.7 Å². The van der Waals surface area contributed by atoms with Crippen LogP contribution in [0.3, 0.4) is 0 Å². The lowest BCUT2D eigenvalue weighted by Gasteiger charge is -2.22. The molecule has 1 aliphatic heterocycles. The van der Waals surface area contributed by atoms with Crippen LogP contribution in [0.15, 0.2) is 12.7 Å². The Labute approximate surface area is 149 Å². The molecule has 1 unspecified atom stereocenters. The van der Waals surface area contributed by atoms with E-state index in [2.05, 4.69) is 30.3 Å². The number of hydrogen-bond donors (Lipinski definition) is 0. The molecule has 0 amide bonds. The van der Waals surface area contributed by atoms with Crippen molar-refractivity contribution < 1.29 is 9.47 Å². The lowest BCUT2D eigenvalue weighted by atomic mass is 10.1. The highest BCUT2D eigenvalue weighted by atomic mass is 16.7. The van der Waals surface area contributed by atoms with Crippen molar-refractivity contribution in [3.8, 4) is 23.7 Å². The van der Waals surface area contributed by atoms with Gasteiger partial charge in [0.15, 0.2) is 6.29 Å². The van der Waals surface area contributed by atoms with Crippen LogP contribution in [0.25, 0.3) is 0 Å². The number of hydrogen-bond acceptors (Lipinski definition) is 2. The van der Waals surface area contributed by atoms with E-state index in [1.165, 1.54) is 51.4 Å². The van der Waals surface area contributed by atoms with Gasteiger partial charge in [-0.25, -0.2) is 0 Å². The second-order valence-corrected chi connectivity index (χ2v) is 6.32. The van der Waals surface area contributed by atoms with E-state index in [4.69, 9.17) is 9.47 Å². The van der Waals surface area contributed by atoms with Gasteiger partial charge in [-0.1, -0.05) is 50.0 Å². The molecule has 1 aliphatic rings. The van der Waals surface area contributed by atoms with Gasteiger partial charge < -0.3 is 9.47 Å². The molecule has 0 bridgehead atoms. The minimum atomic E-state index is 0.0755. The summed E-state index contributed by atoms with van der Waals surface area (Å²) < 4.78 is 11.3. The summed E-state index contributed by atoms with van der Waals surface area (Å²) >= 11 is 0. The van der Waals surface area contributed by atoms with Gasteiger partial charge in [-0.15, -0.1) is 6.58 Å². The summed E-state index contributed by atoms with van der Waals surface area (Å²) in [5, 5.41) is 0. The fourth-order valence-corrected chi connectivity index (χ4v) is 2.64. The summed E-state index contributed by atoms with van der Waals surface area (Å²) in [5.41, 5.74) is 0. The Kier molecular flexibility index (Phi) is 14.4. The van der Waals surface area contributed by atoms with Crippen LogP contribution >= 0.6 is 0 Å². The van der Waals surface area contributed by atoms with E-state index >= 15 is 0 Å². The molecule has 0 aromatic rings. The lowest BCUT2D eigenvalue weighted by Crippen LogP contribution is -2.22. The van der Waals surface area contributed by atoms with E-state index in [0.717, 1.165) is 45.3 Å². The Morgan fingerprint density at radius 3 is 2.33 bits per heavy atom. The smallest absolute Gasteiger partial charge is 0.157 e. The minimum absolute atomic E-state index is 0.0755. The predicted octanol–water partition coefficient (Wildman–Crippen LogP) is 5.62. The van der Waals surface area contributed by atoms with E-state index < -0.39 is 0 Å². The summed E-state index contributed by atoms with van der Waals surface area (Å²) in [7, 11) is 0. The Morgan fingerprint density at radius 1 is 0.917 bits per heavy atom. The molecule has 1 atom stereocenters. The van der Waals surface area contributed by atoms with E-state index in [9.17, 15) is 0 Å². The highest BCUT2D eigenvalue weighted by molar-refractivity contribution is 5.25. The molecule has 134 valence electrons. The van der Waals surface area contributed by atoms with Gasteiger partial charge in [-0.05, 0) is 50.4 Å². The highest BCUT2D eigenvalue weighted by Gasteiger charge is 2.13. The highest BCUT2D eigenvalue weighted by Crippen LogP contribution is 2.14. The molecule has 24 heavy (non-hydrogen) atoms. The molecule has 0 aromatic heterocycles. The van der Waals surface area contributed by atoms with Crippen molar-refractivity contribution >= 4 is 0 Å². The van der Waals surface area contributed by atoms with E-state index in [0.29, 0.717) is 0 Å². The SMILES string of the molecule is C=CCCC#CC#CCCCCCCCCCOC1CCCCO1. The molecule has 2 nitrogen and oxygen atoms in total. The normalized spacial score (nSPS) is 16.6. The fourth-order valence-electron chi connectivity index (χ4n) is 2.64. The molecule has 0 N–H and O–H groups in total. The van der Waals surface area contributed by atoms with Gasteiger partial charge in [0.25, 0.3) is 0 Å². The molecule has 2 heteroatoms. The molecular formula is C22H34O2. The van der Waals surface area contributed by atoms with E-state index in [-0.39, 0.29) is 6.29 Å². The Balaban J connectivity index is 1.77. The van der Waals surface area contributed by atoms with Crippen molar-refractivity contribution in [2.75, 3.05) is 13.2 Å². The minimum Gasteiger partial charge on any atom is -0.353 e. The van der Waals surface area contributed by atoms with Crippen molar-refractivity contribution in [2.45, 2.75) is 89.8 Å². The van der Waals surface area contributed by atoms with Crippen LogP contribution in [0.2, 0.25) is 0 Å². The average Bonchev–Trinajstić information content (AvgIpc) is 2.62. The lowest BCUT2D eigenvalue weighted by molar-refractivity contribution is -0.162. The Bertz CT molecular complexity index is 413. The topological polar surface area (TPSA) is 18.5 Å². The van der Waals surface area contributed by atoms with Gasteiger partial charge in [0, 0.05) is 26.1 Å². The van der Waals surface area contributed by atoms with E-state index in [1.807, 2.05) is 6.08 Å². The summed E-state index contributed by atoms with van der Waals surface area (Å²) in [4.78, 5) is 0. The third-order valence-electron chi connectivity index (χ3n) is 4.10. The van der Waals surface area contributed by atoms with Crippen molar-refractivity contribution in [3.05, 3.63) is 12.7 Å². The molecule has 1 saturated heterocycles. The Morgan fingerprint density at radius 2 is 1.62 bits per heavy atom. The molecule has 0 radical (unpaired) electrons. The van der Waals surface area contributed by atoms with Gasteiger partial charge in [0.2, 0.25) is 0 Å². The third-order valence-corrected chi connectivity index (χ3v) is 4.10. The first kappa shape index (κ1) is 20.8. The second-order valence-electron chi connectivity index (χ2n) is 6.32. The molecule has 1 heterocycles. The van der Waals surface area contributed by atoms with Crippen LogP contribution in [0.1, 0.15) is 83.5 Å². The first-order chi connectivity index (χ1) is 11.9. The van der Waals surface area contributed by atoms with Crippen molar-refractivity contribution in [1.29, 1.82) is 0 Å². The van der Waals surface area contributed by atoms with Gasteiger partial charge in [0.1, 0.15) is 0 Å². The first-order valence-electron chi connectivity index (χ1n) is 9.73. The standard InChI is InChI=1S/C22H34O2/c1-2-3-4-5-6-7-8-9-10-11-12-13-14-15-17-20-23-22-19-16-18-21-24-22/h2,22H,1,3-4,9-21H2. The molecule has 1 fully saturated rings. The van der Waals surface area contributed by atoms with Crippen LogP contribution in [-0.2, 0) is 9.47 Å². The fraction of sp³-hybridized carbons (Fsp3) is 0.727. The van der Waals surface area contributed by atoms with Gasteiger partial charge in [-0.2, -0.15) is 0 Å². The van der Waals surface area contributed by atoms with Crippen molar-refractivity contribution in [1.82, 2.24) is 0 Å². The van der Waals surface area contributed by atoms with Crippen LogP contribution in [0.4, 0.5) is 0 Å². The first-order valence-corrected chi connectivity index (χ1v) is 9.73. The Hall–Kier alpha value is -1.22. The zero-order chi connectivity index (χ0) is 17.1. The molecule has 0 saturated carbocycles. The maximum absolute atomic E-state index is 5.74. The zero-order valence-electron chi connectivity index (χ0n) is 15.3. The molecule has 0 spiro atoms. The van der Waals surface area contributed by atoms with Crippen LogP contribution in [0.5, 0.6) is 0 Å². The number of unbranched alkanes of at least 4 members (excludes halogenated alkanes) is 8. The molecule has 0 aliphatic carbocycles. The quantitative estimate of drug-likeness (QED) is 0.262. The average molecular weight is 331 g/mol. The summed E-state index contributed by atoms with van der Waals surface area (Å²) in [5.74, 6) is 12.0. The summed E-state index contributed by atoms with van der Waals surface area (Å²) in [6, 6.07) is 0. The number of ether oxygens (including phenoxy) is 2. The maximum Gasteiger partial charge on any atom is 0.157 e. The van der Waals surface area contributed by atoms with E-state index in [1.54, 1.807) is 0 Å².